The monoisotopic (exact) mass is 981 g/mol. The molecule has 0 aromatic carbocycles. The van der Waals surface area contributed by atoms with Crippen LogP contribution in [-0.2, 0) is 18.4 Å². The molecule has 0 radical (unpaired) electrons. The summed E-state index contributed by atoms with van der Waals surface area (Å²) in [5, 5.41) is 13.7. The van der Waals surface area contributed by atoms with Gasteiger partial charge in [-0.05, 0) is 32.1 Å². The number of hydrogen-bond donors (Lipinski definition) is 2. The second kappa shape index (κ2) is 50.9. The fourth-order valence-electron chi connectivity index (χ4n) is 9.00. The molecule has 68 heavy (non-hydrogen) atoms. The third-order valence-electron chi connectivity index (χ3n) is 13.7. The molecule has 9 heteroatoms. The normalized spacial score (nSPS) is 14.0. The van der Waals surface area contributed by atoms with Crippen LogP contribution in [0.4, 0.5) is 0 Å². The van der Waals surface area contributed by atoms with E-state index >= 15 is 0 Å². The van der Waals surface area contributed by atoms with E-state index in [9.17, 15) is 19.4 Å². The molecule has 8 nitrogen and oxygen atoms in total. The van der Waals surface area contributed by atoms with E-state index in [0.29, 0.717) is 17.4 Å². The highest BCUT2D eigenvalue weighted by molar-refractivity contribution is 7.45. The van der Waals surface area contributed by atoms with Gasteiger partial charge in [-0.3, -0.25) is 9.36 Å². The number of phosphoric acid groups is 1. The van der Waals surface area contributed by atoms with Gasteiger partial charge in [0.25, 0.3) is 7.82 Å². The number of amides is 1. The molecule has 0 bridgehead atoms. The minimum atomic E-state index is -4.59. The zero-order valence-corrected chi connectivity index (χ0v) is 47.0. The van der Waals surface area contributed by atoms with Crippen LogP contribution in [0.5, 0.6) is 0 Å². The van der Waals surface area contributed by atoms with Gasteiger partial charge in [0.1, 0.15) is 13.2 Å². The van der Waals surface area contributed by atoms with Crippen molar-refractivity contribution in [2.75, 3.05) is 40.9 Å². The number of carbonyl (C=O) groups excluding carboxylic acids is 1. The minimum absolute atomic E-state index is 0.00447. The molecule has 0 fully saturated rings. The van der Waals surface area contributed by atoms with Crippen molar-refractivity contribution in [1.29, 1.82) is 0 Å². The molecule has 0 saturated heterocycles. The van der Waals surface area contributed by atoms with Crippen LogP contribution in [0.3, 0.4) is 0 Å². The van der Waals surface area contributed by atoms with E-state index in [1.807, 2.05) is 27.2 Å². The van der Waals surface area contributed by atoms with E-state index in [0.717, 1.165) is 38.5 Å². The number of aliphatic hydroxyl groups is 1. The number of aliphatic hydroxyl groups excluding tert-OH is 1. The first kappa shape index (κ1) is 67.0. The number of rotatable bonds is 55. The van der Waals surface area contributed by atoms with E-state index in [-0.39, 0.29) is 19.1 Å². The summed E-state index contributed by atoms with van der Waals surface area (Å²) < 4.78 is 23.2. The maximum atomic E-state index is 12.9. The summed E-state index contributed by atoms with van der Waals surface area (Å²) in [4.78, 5) is 25.3. The Kier molecular flexibility index (Phi) is 50.1. The smallest absolute Gasteiger partial charge is 0.268 e. The number of nitrogens with zero attached hydrogens (tertiary/aromatic N) is 1. The number of carbonyl (C=O) groups is 1. The zero-order valence-electron chi connectivity index (χ0n) is 46.1. The fraction of sp³-hybridized carbons (Fsp3) is 0.915. The van der Waals surface area contributed by atoms with E-state index in [4.69, 9.17) is 9.05 Å². The average Bonchev–Trinajstić information content (AvgIpc) is 3.30. The molecule has 1 amide bonds. The van der Waals surface area contributed by atoms with Gasteiger partial charge in [0.15, 0.2) is 0 Å². The first-order chi connectivity index (χ1) is 33.0. The van der Waals surface area contributed by atoms with Crippen molar-refractivity contribution in [3.63, 3.8) is 0 Å². The standard InChI is InChI=1S/C59H117N2O6P/c1-6-8-10-12-14-16-17-18-19-20-21-22-23-24-25-26-27-28-29-30-31-32-33-34-35-36-37-38-39-40-41-42-43-45-47-49-51-53-59(63)60-57(56-67-68(64,65)66-55-54-61(3,4)5)58(62)52-50-48-46-44-15-13-11-9-7-2/h15,44,50,52,57-58,62H,6-14,16-43,45-49,51,53-56H2,1-5H3,(H-,60,63,64,65)/b44-15+,52-50+. The lowest BCUT2D eigenvalue weighted by atomic mass is 10.0. The Morgan fingerprint density at radius 2 is 0.824 bits per heavy atom. The highest BCUT2D eigenvalue weighted by atomic mass is 31.2. The number of quaternary nitrogens is 1. The van der Waals surface area contributed by atoms with E-state index in [1.54, 1.807) is 6.08 Å². The van der Waals surface area contributed by atoms with Gasteiger partial charge in [-0.1, -0.05) is 282 Å². The molecule has 404 valence electrons. The lowest BCUT2D eigenvalue weighted by molar-refractivity contribution is -0.870. The van der Waals surface area contributed by atoms with E-state index < -0.39 is 20.0 Å². The van der Waals surface area contributed by atoms with Crippen LogP contribution in [0.25, 0.3) is 0 Å². The Morgan fingerprint density at radius 1 is 0.500 bits per heavy atom. The molecule has 3 unspecified atom stereocenters. The molecular formula is C59H117N2O6P. The molecule has 0 rings (SSSR count). The van der Waals surface area contributed by atoms with Crippen molar-refractivity contribution in [1.82, 2.24) is 5.32 Å². The topological polar surface area (TPSA) is 108 Å². The second-order valence-electron chi connectivity index (χ2n) is 21.7. The van der Waals surface area contributed by atoms with Gasteiger partial charge in [-0.25, -0.2) is 0 Å². The number of likely N-dealkylation sites (N-methyl/N-ethyl adjacent to an activating group) is 1. The molecule has 0 aliphatic carbocycles. The minimum Gasteiger partial charge on any atom is -0.756 e. The van der Waals surface area contributed by atoms with Crippen LogP contribution >= 0.6 is 7.82 Å². The Labute approximate surface area is 424 Å². The van der Waals surface area contributed by atoms with Crippen LogP contribution in [0.1, 0.15) is 296 Å². The summed E-state index contributed by atoms with van der Waals surface area (Å²) in [6.07, 6.45) is 64.6. The summed E-state index contributed by atoms with van der Waals surface area (Å²) in [6, 6.07) is -0.898. The van der Waals surface area contributed by atoms with Crippen molar-refractivity contribution in [3.8, 4) is 0 Å². The molecule has 0 aliphatic rings. The predicted octanol–water partition coefficient (Wildman–Crippen LogP) is 17.4. The Hall–Kier alpha value is -1.02. The summed E-state index contributed by atoms with van der Waals surface area (Å²) >= 11 is 0. The second-order valence-corrected chi connectivity index (χ2v) is 23.1. The number of phosphoric ester groups is 1. The molecule has 3 atom stereocenters. The highest BCUT2D eigenvalue weighted by Gasteiger charge is 2.23. The maximum absolute atomic E-state index is 12.9. The van der Waals surface area contributed by atoms with Gasteiger partial charge in [0, 0.05) is 6.42 Å². The first-order valence-electron chi connectivity index (χ1n) is 29.7. The lowest BCUT2D eigenvalue weighted by Gasteiger charge is -2.29. The lowest BCUT2D eigenvalue weighted by Crippen LogP contribution is -2.45. The summed E-state index contributed by atoms with van der Waals surface area (Å²) in [7, 11) is 1.25. The Balaban J connectivity index is 3.79. The fourth-order valence-corrected chi connectivity index (χ4v) is 9.72. The van der Waals surface area contributed by atoms with Crippen LogP contribution in [-0.4, -0.2) is 68.5 Å². The number of hydrogen-bond acceptors (Lipinski definition) is 6. The van der Waals surface area contributed by atoms with Crippen molar-refractivity contribution in [2.24, 2.45) is 0 Å². The molecule has 0 heterocycles. The molecule has 0 saturated carbocycles. The van der Waals surface area contributed by atoms with Gasteiger partial charge >= 0.3 is 0 Å². The molecule has 0 aromatic rings. The van der Waals surface area contributed by atoms with Crippen LogP contribution in [0.15, 0.2) is 24.3 Å². The van der Waals surface area contributed by atoms with E-state index in [1.165, 1.54) is 238 Å². The summed E-state index contributed by atoms with van der Waals surface area (Å²) in [6.45, 7) is 4.60. The van der Waals surface area contributed by atoms with Gasteiger partial charge < -0.3 is 28.8 Å². The number of unbranched alkanes of at least 4 members (excludes halogenated alkanes) is 40. The van der Waals surface area contributed by atoms with Crippen LogP contribution < -0.4 is 10.2 Å². The SMILES string of the molecule is CCCCC/C=C/CC/C=C/C(O)C(COP(=O)([O-])OCC[N+](C)(C)C)NC(=O)CCCCCCCCCCCCCCCCCCCCCCCCCCCCCCCCCCCCCCC. The third-order valence-corrected chi connectivity index (χ3v) is 14.6. The van der Waals surface area contributed by atoms with Gasteiger partial charge in [0.2, 0.25) is 5.91 Å². The molecule has 0 spiro atoms. The molecule has 0 aliphatic heterocycles. The molecule has 2 N–H and O–H groups in total. The van der Waals surface area contributed by atoms with Crippen LogP contribution in [0, 0.1) is 0 Å². The van der Waals surface area contributed by atoms with Gasteiger partial charge in [-0.15, -0.1) is 0 Å². The van der Waals surface area contributed by atoms with Crippen molar-refractivity contribution in [3.05, 3.63) is 24.3 Å². The van der Waals surface area contributed by atoms with Crippen molar-refractivity contribution in [2.45, 2.75) is 309 Å². The maximum Gasteiger partial charge on any atom is 0.268 e. The van der Waals surface area contributed by atoms with Gasteiger partial charge in [-0.2, -0.15) is 0 Å². The number of nitrogens with one attached hydrogen (secondary N) is 1. The summed E-state index contributed by atoms with van der Waals surface area (Å²) in [5.41, 5.74) is 0. The zero-order chi connectivity index (χ0) is 49.9. The van der Waals surface area contributed by atoms with Crippen molar-refractivity contribution >= 4 is 13.7 Å². The number of allylic oxidation sites excluding steroid dienone is 3. The first-order valence-corrected chi connectivity index (χ1v) is 31.2. The largest absolute Gasteiger partial charge is 0.756 e. The molecular weight excluding hydrogens is 864 g/mol. The van der Waals surface area contributed by atoms with Crippen LogP contribution in [0.2, 0.25) is 0 Å². The Bertz CT molecular complexity index is 1160. The molecule has 0 aromatic heterocycles. The predicted molar refractivity (Wildman–Crippen MR) is 293 cm³/mol. The highest BCUT2D eigenvalue weighted by Crippen LogP contribution is 2.38. The van der Waals surface area contributed by atoms with E-state index in [2.05, 4.69) is 31.3 Å². The van der Waals surface area contributed by atoms with Crippen molar-refractivity contribution < 1.29 is 32.9 Å². The average molecular weight is 982 g/mol. The summed E-state index contributed by atoms with van der Waals surface area (Å²) in [5.74, 6) is -0.205. The van der Waals surface area contributed by atoms with Gasteiger partial charge in [0.05, 0.1) is 39.9 Å². The quantitative estimate of drug-likeness (QED) is 0.0272. The Morgan fingerprint density at radius 3 is 1.19 bits per heavy atom. The third kappa shape index (κ3) is 52.8.